The molecule has 0 aromatic carbocycles. The minimum absolute atomic E-state index is 0.357. The summed E-state index contributed by atoms with van der Waals surface area (Å²) >= 11 is 1.66. The van der Waals surface area contributed by atoms with Gasteiger partial charge in [0.2, 0.25) is 0 Å². The van der Waals surface area contributed by atoms with Gasteiger partial charge >= 0.3 is 0 Å². The van der Waals surface area contributed by atoms with Crippen LogP contribution in [0.2, 0.25) is 0 Å². The molecule has 1 atom stereocenters. The largest absolute Gasteiger partial charge is 0.347 e. The first-order valence-corrected chi connectivity index (χ1v) is 4.88. The first-order chi connectivity index (χ1) is 5.65. The Morgan fingerprint density at radius 2 is 2.42 bits per heavy atom. The lowest BCUT2D eigenvalue weighted by atomic mass is 10.3. The van der Waals surface area contributed by atoms with Crippen molar-refractivity contribution in [3.63, 3.8) is 0 Å². The summed E-state index contributed by atoms with van der Waals surface area (Å²) in [6.45, 7) is 4.76. The number of rotatable bonds is 3. The lowest BCUT2D eigenvalue weighted by Crippen LogP contribution is -2.35. The second-order valence-electron chi connectivity index (χ2n) is 2.97. The summed E-state index contributed by atoms with van der Waals surface area (Å²) in [5.41, 5.74) is 6.63. The summed E-state index contributed by atoms with van der Waals surface area (Å²) in [4.78, 5) is 6.48. The van der Waals surface area contributed by atoms with Crippen molar-refractivity contribution >= 4 is 16.5 Å². The van der Waals surface area contributed by atoms with Gasteiger partial charge in [-0.2, -0.15) is 0 Å². The van der Waals surface area contributed by atoms with Crippen molar-refractivity contribution in [2.24, 2.45) is 5.73 Å². The molecule has 0 aliphatic carbocycles. The summed E-state index contributed by atoms with van der Waals surface area (Å²) in [7, 11) is 2.02. The van der Waals surface area contributed by atoms with Crippen molar-refractivity contribution in [3.05, 3.63) is 11.1 Å². The van der Waals surface area contributed by atoms with Crippen LogP contribution in [0.3, 0.4) is 0 Å². The summed E-state index contributed by atoms with van der Waals surface area (Å²) < 4.78 is 0. The average Bonchev–Trinajstić information content (AvgIpc) is 2.49. The Balaban J connectivity index is 2.70. The number of nitrogens with two attached hydrogens (primary N) is 1. The normalized spacial score (nSPS) is 13.0. The number of hydrogen-bond acceptors (Lipinski definition) is 4. The van der Waals surface area contributed by atoms with E-state index >= 15 is 0 Å². The number of aryl methyl sites for hydroxylation is 1. The number of nitrogens with zero attached hydrogens (tertiary/aromatic N) is 2. The first kappa shape index (κ1) is 9.48. The molecule has 4 heteroatoms. The molecule has 12 heavy (non-hydrogen) atoms. The fourth-order valence-electron chi connectivity index (χ4n) is 0.850. The smallest absolute Gasteiger partial charge is 0.185 e. The highest BCUT2D eigenvalue weighted by Crippen LogP contribution is 2.19. The van der Waals surface area contributed by atoms with E-state index in [4.69, 9.17) is 5.73 Å². The summed E-state index contributed by atoms with van der Waals surface area (Å²) in [5.74, 6) is 0. The van der Waals surface area contributed by atoms with Crippen LogP contribution >= 0.6 is 11.3 Å². The molecule has 0 bridgehead atoms. The van der Waals surface area contributed by atoms with E-state index in [1.807, 2.05) is 14.0 Å². The molecule has 0 aliphatic rings. The maximum atomic E-state index is 5.55. The first-order valence-electron chi connectivity index (χ1n) is 4.00. The fraction of sp³-hybridized carbons (Fsp3) is 0.625. The Kier molecular flexibility index (Phi) is 3.05. The van der Waals surface area contributed by atoms with Gasteiger partial charge in [-0.05, 0) is 13.8 Å². The Hall–Kier alpha value is -0.610. The van der Waals surface area contributed by atoms with E-state index in [2.05, 4.69) is 22.2 Å². The van der Waals surface area contributed by atoms with Gasteiger partial charge < -0.3 is 10.6 Å². The molecule has 1 heterocycles. The monoisotopic (exact) mass is 185 g/mol. The van der Waals surface area contributed by atoms with Gasteiger partial charge in [-0.1, -0.05) is 0 Å². The molecule has 1 aromatic rings. The van der Waals surface area contributed by atoms with Gasteiger partial charge in [0.05, 0.1) is 5.69 Å². The molecular formula is C8H15N3S. The van der Waals surface area contributed by atoms with Gasteiger partial charge in [0, 0.05) is 25.0 Å². The zero-order valence-corrected chi connectivity index (χ0v) is 8.56. The van der Waals surface area contributed by atoms with Crippen LogP contribution in [0.4, 0.5) is 5.13 Å². The van der Waals surface area contributed by atoms with Crippen molar-refractivity contribution in [2.45, 2.75) is 19.9 Å². The van der Waals surface area contributed by atoms with E-state index in [1.54, 1.807) is 11.3 Å². The van der Waals surface area contributed by atoms with Gasteiger partial charge in [-0.15, -0.1) is 11.3 Å². The van der Waals surface area contributed by atoms with Crippen molar-refractivity contribution in [3.8, 4) is 0 Å². The zero-order valence-electron chi connectivity index (χ0n) is 7.74. The molecule has 0 saturated carbocycles. The number of anilines is 1. The molecule has 0 spiro atoms. The Morgan fingerprint density at radius 3 is 2.83 bits per heavy atom. The van der Waals surface area contributed by atoms with Crippen LogP contribution < -0.4 is 10.6 Å². The topological polar surface area (TPSA) is 42.1 Å². The van der Waals surface area contributed by atoms with Gasteiger partial charge in [0.1, 0.15) is 0 Å². The minimum Gasteiger partial charge on any atom is -0.347 e. The molecule has 0 fully saturated rings. The van der Waals surface area contributed by atoms with Crippen molar-refractivity contribution in [2.75, 3.05) is 18.5 Å². The van der Waals surface area contributed by atoms with Gasteiger partial charge in [-0.25, -0.2) is 4.98 Å². The van der Waals surface area contributed by atoms with Crippen molar-refractivity contribution in [1.82, 2.24) is 4.98 Å². The van der Waals surface area contributed by atoms with E-state index < -0.39 is 0 Å². The molecule has 0 aliphatic heterocycles. The molecule has 1 unspecified atom stereocenters. The highest BCUT2D eigenvalue weighted by molar-refractivity contribution is 7.13. The number of hydrogen-bond donors (Lipinski definition) is 1. The third-order valence-corrected chi connectivity index (χ3v) is 2.96. The van der Waals surface area contributed by atoms with Crippen LogP contribution in [0.25, 0.3) is 0 Å². The number of aromatic nitrogens is 1. The fourth-order valence-corrected chi connectivity index (χ4v) is 1.72. The Bertz CT molecular complexity index is 246. The van der Waals surface area contributed by atoms with E-state index in [1.165, 1.54) is 0 Å². The van der Waals surface area contributed by atoms with Crippen LogP contribution in [0.5, 0.6) is 0 Å². The summed E-state index contributed by atoms with van der Waals surface area (Å²) in [6, 6.07) is 0.357. The lowest BCUT2D eigenvalue weighted by molar-refractivity contribution is 0.693. The predicted octanol–water partition coefficient (Wildman–Crippen LogP) is 1.23. The van der Waals surface area contributed by atoms with E-state index in [9.17, 15) is 0 Å². The maximum absolute atomic E-state index is 5.55. The molecule has 3 nitrogen and oxygen atoms in total. The van der Waals surface area contributed by atoms with E-state index in [0.717, 1.165) is 10.8 Å². The zero-order chi connectivity index (χ0) is 9.14. The number of likely N-dealkylation sites (N-methyl/N-ethyl adjacent to an activating group) is 1. The van der Waals surface area contributed by atoms with Gasteiger partial charge in [0.25, 0.3) is 0 Å². The van der Waals surface area contributed by atoms with Gasteiger partial charge in [-0.3, -0.25) is 0 Å². The average molecular weight is 185 g/mol. The second kappa shape index (κ2) is 3.87. The predicted molar refractivity (Wildman–Crippen MR) is 53.8 cm³/mol. The highest BCUT2D eigenvalue weighted by Gasteiger charge is 2.10. The van der Waals surface area contributed by atoms with Crippen LogP contribution in [-0.2, 0) is 0 Å². The quantitative estimate of drug-likeness (QED) is 0.770. The Labute approximate surface area is 77.2 Å². The molecule has 68 valence electrons. The lowest BCUT2D eigenvalue weighted by Gasteiger charge is -2.22. The maximum Gasteiger partial charge on any atom is 0.185 e. The van der Waals surface area contributed by atoms with Crippen molar-refractivity contribution < 1.29 is 0 Å². The molecular weight excluding hydrogens is 170 g/mol. The molecule has 0 amide bonds. The molecule has 0 saturated heterocycles. The van der Waals surface area contributed by atoms with E-state index in [0.29, 0.717) is 12.6 Å². The van der Waals surface area contributed by atoms with Crippen LogP contribution in [0.15, 0.2) is 5.38 Å². The number of thiazole rings is 1. The third-order valence-electron chi connectivity index (χ3n) is 1.91. The summed E-state index contributed by atoms with van der Waals surface area (Å²) in [6.07, 6.45) is 0. The standard InChI is InChI=1S/C8H15N3S/c1-6-5-12-8(10-6)11(3)7(2)4-9/h5,7H,4,9H2,1-3H3. The Morgan fingerprint density at radius 1 is 1.75 bits per heavy atom. The minimum atomic E-state index is 0.357. The SMILES string of the molecule is Cc1csc(N(C)C(C)CN)n1. The summed E-state index contributed by atoms with van der Waals surface area (Å²) in [5, 5.41) is 3.10. The van der Waals surface area contributed by atoms with E-state index in [-0.39, 0.29) is 0 Å². The molecule has 1 aromatic heterocycles. The highest BCUT2D eigenvalue weighted by atomic mass is 32.1. The van der Waals surface area contributed by atoms with Crippen molar-refractivity contribution in [1.29, 1.82) is 0 Å². The molecule has 1 rings (SSSR count). The van der Waals surface area contributed by atoms with Crippen LogP contribution in [-0.4, -0.2) is 24.6 Å². The van der Waals surface area contributed by atoms with Gasteiger partial charge in [0.15, 0.2) is 5.13 Å². The molecule has 0 radical (unpaired) electrons. The van der Waals surface area contributed by atoms with Crippen LogP contribution in [0.1, 0.15) is 12.6 Å². The van der Waals surface area contributed by atoms with Crippen LogP contribution in [0, 0.1) is 6.92 Å². The third kappa shape index (κ3) is 1.95. The molecule has 2 N–H and O–H groups in total. The second-order valence-corrected chi connectivity index (χ2v) is 3.80.